The number of esters is 2. The van der Waals surface area contributed by atoms with E-state index in [1.54, 1.807) is 0 Å². The number of hydrogen-bond acceptors (Lipinski definition) is 6. The molecule has 0 unspecified atom stereocenters. The van der Waals surface area contributed by atoms with Crippen molar-refractivity contribution in [2.75, 3.05) is 13.1 Å². The first kappa shape index (κ1) is 24.1. The van der Waals surface area contributed by atoms with E-state index in [2.05, 4.69) is 10.6 Å². The zero-order valence-corrected chi connectivity index (χ0v) is 20.9. The van der Waals surface area contributed by atoms with E-state index in [1.807, 2.05) is 109 Å². The zero-order valence-electron chi connectivity index (χ0n) is 20.9. The molecule has 6 heteroatoms. The lowest BCUT2D eigenvalue weighted by atomic mass is 9.86. The van der Waals surface area contributed by atoms with Crippen LogP contribution < -0.4 is 10.6 Å². The smallest absolute Gasteiger partial charge is 0.419 e. The Hall–Kier alpha value is -4.26. The van der Waals surface area contributed by atoms with Gasteiger partial charge in [-0.2, -0.15) is 0 Å². The molecule has 0 fully saturated rings. The maximum atomic E-state index is 13.6. The lowest BCUT2D eigenvalue weighted by molar-refractivity contribution is -0.187. The minimum Gasteiger partial charge on any atom is -0.427 e. The second-order valence-corrected chi connectivity index (χ2v) is 9.54. The van der Waals surface area contributed by atoms with Crippen LogP contribution >= 0.6 is 0 Å². The van der Waals surface area contributed by atoms with Crippen molar-refractivity contribution in [3.05, 3.63) is 143 Å². The minimum atomic E-state index is -1.32. The fourth-order valence-corrected chi connectivity index (χ4v) is 5.62. The average molecular weight is 505 g/mol. The maximum absolute atomic E-state index is 13.6. The van der Waals surface area contributed by atoms with Gasteiger partial charge in [0.15, 0.2) is 0 Å². The van der Waals surface area contributed by atoms with Gasteiger partial charge in [-0.15, -0.1) is 0 Å². The van der Waals surface area contributed by atoms with Crippen molar-refractivity contribution in [3.8, 4) is 0 Å². The Labute approximate surface area is 221 Å². The van der Waals surface area contributed by atoms with Gasteiger partial charge in [0.2, 0.25) is 11.4 Å². The second kappa shape index (κ2) is 9.89. The summed E-state index contributed by atoms with van der Waals surface area (Å²) in [4.78, 5) is 27.2. The van der Waals surface area contributed by atoms with Crippen molar-refractivity contribution >= 4 is 11.9 Å². The summed E-state index contributed by atoms with van der Waals surface area (Å²) in [6, 6.07) is 34.5. The fraction of sp³-hybridized carbons (Fsp3) is 0.188. The summed E-state index contributed by atoms with van der Waals surface area (Å²) in [7, 11) is 0. The minimum absolute atomic E-state index is 0.580. The number of nitrogens with one attached hydrogen (secondary N) is 2. The molecule has 2 N–H and O–H groups in total. The van der Waals surface area contributed by atoms with Crippen LogP contribution in [-0.4, -0.2) is 25.0 Å². The third kappa shape index (κ3) is 4.08. The summed E-state index contributed by atoms with van der Waals surface area (Å²) in [5.74, 6) is -2.14. The monoisotopic (exact) mass is 504 g/mol. The third-order valence-electron chi connectivity index (χ3n) is 7.35. The lowest BCUT2D eigenvalue weighted by Gasteiger charge is -2.41. The Balaban J connectivity index is 1.38. The van der Waals surface area contributed by atoms with Crippen molar-refractivity contribution in [1.29, 1.82) is 0 Å². The maximum Gasteiger partial charge on any atom is 0.419 e. The van der Waals surface area contributed by atoms with Crippen molar-refractivity contribution in [3.63, 3.8) is 0 Å². The molecule has 2 heterocycles. The Morgan fingerprint density at radius 1 is 0.526 bits per heavy atom. The molecular weight excluding hydrogens is 476 g/mol. The van der Waals surface area contributed by atoms with Gasteiger partial charge in [-0.3, -0.25) is 10.6 Å². The quantitative estimate of drug-likeness (QED) is 0.321. The van der Waals surface area contributed by atoms with Gasteiger partial charge in [-0.05, 0) is 24.0 Å². The van der Waals surface area contributed by atoms with Gasteiger partial charge in [-0.25, -0.2) is 9.59 Å². The lowest BCUT2D eigenvalue weighted by Crippen LogP contribution is -2.54. The molecule has 0 bridgehead atoms. The topological polar surface area (TPSA) is 76.7 Å². The van der Waals surface area contributed by atoms with E-state index in [1.165, 1.54) is 0 Å². The van der Waals surface area contributed by atoms with Crippen LogP contribution in [-0.2, 0) is 43.4 Å². The van der Waals surface area contributed by atoms with E-state index < -0.39 is 23.4 Å². The molecule has 0 aromatic heterocycles. The third-order valence-corrected chi connectivity index (χ3v) is 7.35. The molecule has 38 heavy (non-hydrogen) atoms. The number of carbonyl (C=O) groups excluding carboxylic acids is 2. The highest BCUT2D eigenvalue weighted by atomic mass is 16.6. The van der Waals surface area contributed by atoms with E-state index in [4.69, 9.17) is 9.47 Å². The molecule has 4 aromatic carbocycles. The van der Waals surface area contributed by atoms with Gasteiger partial charge >= 0.3 is 11.9 Å². The Kier molecular flexibility index (Phi) is 6.27. The highest BCUT2D eigenvalue weighted by molar-refractivity contribution is 6.30. The van der Waals surface area contributed by atoms with Crippen LogP contribution in [0.25, 0.3) is 0 Å². The number of ether oxygens (including phenoxy) is 2. The molecule has 0 aliphatic carbocycles. The van der Waals surface area contributed by atoms with Gasteiger partial charge in [0, 0.05) is 35.3 Å². The summed E-state index contributed by atoms with van der Waals surface area (Å²) in [5.41, 5.74) is 2.54. The molecular formula is C32H28N2O4. The predicted molar refractivity (Wildman–Crippen MR) is 143 cm³/mol. The van der Waals surface area contributed by atoms with Crippen LogP contribution in [0, 0.1) is 0 Å². The van der Waals surface area contributed by atoms with Crippen LogP contribution in [0.3, 0.4) is 0 Å². The van der Waals surface area contributed by atoms with E-state index >= 15 is 0 Å². The van der Waals surface area contributed by atoms with Crippen LogP contribution in [0.1, 0.15) is 33.4 Å². The number of hydrogen-bond donors (Lipinski definition) is 2. The standard InChI is InChI=1S/C32H28N2O4/c35-29(37-31(25-13-3-1-4-14-25)27-17-9-7-11-23(27)19-21-33-31)30(36)38-32(26-15-5-2-6-16-26)28-18-10-8-12-24(28)20-22-34-32/h1-18,33-34H,19-22H2/t31-,32-/m0/s1. The molecule has 2 aliphatic rings. The molecule has 0 amide bonds. The zero-order chi connectivity index (χ0) is 26.0. The highest BCUT2D eigenvalue weighted by Gasteiger charge is 2.47. The van der Waals surface area contributed by atoms with E-state index in [0.717, 1.165) is 46.2 Å². The molecule has 0 radical (unpaired) electrons. The van der Waals surface area contributed by atoms with E-state index in [0.29, 0.717) is 13.1 Å². The molecule has 0 saturated carbocycles. The van der Waals surface area contributed by atoms with Crippen molar-refractivity contribution in [2.24, 2.45) is 0 Å². The van der Waals surface area contributed by atoms with E-state index in [9.17, 15) is 9.59 Å². The molecule has 6 nitrogen and oxygen atoms in total. The Morgan fingerprint density at radius 2 is 0.895 bits per heavy atom. The summed E-state index contributed by atoms with van der Waals surface area (Å²) in [6.45, 7) is 1.16. The van der Waals surface area contributed by atoms with Gasteiger partial charge in [-0.1, -0.05) is 109 Å². The van der Waals surface area contributed by atoms with E-state index in [-0.39, 0.29) is 0 Å². The van der Waals surface area contributed by atoms with Crippen molar-refractivity contribution in [2.45, 2.75) is 24.3 Å². The average Bonchev–Trinajstić information content (AvgIpc) is 2.98. The summed E-state index contributed by atoms with van der Waals surface area (Å²) in [6.07, 6.45) is 1.56. The second-order valence-electron chi connectivity index (χ2n) is 9.54. The first-order valence-corrected chi connectivity index (χ1v) is 12.9. The van der Waals surface area contributed by atoms with Crippen LogP contribution in [0.2, 0.25) is 0 Å². The number of rotatable bonds is 4. The molecule has 190 valence electrons. The highest BCUT2D eigenvalue weighted by Crippen LogP contribution is 2.39. The van der Waals surface area contributed by atoms with Crippen molar-refractivity contribution in [1.82, 2.24) is 10.6 Å². The molecule has 2 aliphatic heterocycles. The summed E-state index contributed by atoms with van der Waals surface area (Å²) in [5, 5.41) is 6.77. The Morgan fingerprint density at radius 3 is 1.32 bits per heavy atom. The first-order chi connectivity index (χ1) is 18.6. The van der Waals surface area contributed by atoms with Crippen LogP contribution in [0.15, 0.2) is 109 Å². The predicted octanol–water partition coefficient (Wildman–Crippen LogP) is 4.17. The molecule has 2 atom stereocenters. The van der Waals surface area contributed by atoms with Gasteiger partial charge in [0.25, 0.3) is 0 Å². The van der Waals surface area contributed by atoms with Gasteiger partial charge in [0.05, 0.1) is 0 Å². The Bertz CT molecular complexity index is 1360. The van der Waals surface area contributed by atoms with Gasteiger partial charge in [0.1, 0.15) is 0 Å². The number of benzene rings is 4. The molecule has 0 spiro atoms. The molecule has 0 saturated heterocycles. The number of fused-ring (bicyclic) bond motifs is 2. The normalized spacial score (nSPS) is 22.0. The van der Waals surface area contributed by atoms with Gasteiger partial charge < -0.3 is 9.47 Å². The largest absolute Gasteiger partial charge is 0.427 e. The number of carbonyl (C=O) groups is 2. The molecule has 6 rings (SSSR count). The first-order valence-electron chi connectivity index (χ1n) is 12.9. The fourth-order valence-electron chi connectivity index (χ4n) is 5.62. The SMILES string of the molecule is O=C(O[C@]1(c2ccccc2)NCCc2ccccc21)C(=O)O[C@]1(c2ccccc2)NCCc2ccccc21. The van der Waals surface area contributed by atoms with Crippen molar-refractivity contribution < 1.29 is 19.1 Å². The molecule has 4 aromatic rings. The summed E-state index contributed by atoms with van der Waals surface area (Å²) >= 11 is 0. The van der Waals surface area contributed by atoms with Crippen LogP contribution in [0.5, 0.6) is 0 Å². The summed E-state index contributed by atoms with van der Waals surface area (Å²) < 4.78 is 12.2. The van der Waals surface area contributed by atoms with Crippen LogP contribution in [0.4, 0.5) is 0 Å².